The highest BCUT2D eigenvalue weighted by atomic mass is 16.1. The molecule has 2 heteroatoms. The van der Waals surface area contributed by atoms with E-state index in [1.807, 2.05) is 0 Å². The lowest BCUT2D eigenvalue weighted by molar-refractivity contribution is -0.142. The zero-order chi connectivity index (χ0) is 7.42. The number of hydrogen-bond donors (Lipinski definition) is 0. The minimum Gasteiger partial charge on any atom is -0.302 e. The van der Waals surface area contributed by atoms with Crippen LogP contribution in [0.25, 0.3) is 0 Å². The maximum absolute atomic E-state index is 11.5. The molecule has 1 saturated carbocycles. The highest BCUT2D eigenvalue weighted by Gasteiger charge is 2.46. The van der Waals surface area contributed by atoms with Crippen LogP contribution in [0.15, 0.2) is 0 Å². The lowest BCUT2D eigenvalue weighted by Crippen LogP contribution is -2.58. The normalized spacial score (nSPS) is 53.6. The van der Waals surface area contributed by atoms with E-state index >= 15 is 0 Å². The molecule has 0 amide bonds. The van der Waals surface area contributed by atoms with Gasteiger partial charge in [0.1, 0.15) is 5.78 Å². The summed E-state index contributed by atoms with van der Waals surface area (Å²) in [5.74, 6) is 2.31. The summed E-state index contributed by atoms with van der Waals surface area (Å²) in [6, 6.07) is 0. The molecule has 2 atom stereocenters. The van der Waals surface area contributed by atoms with Crippen molar-refractivity contribution in [3.8, 4) is 0 Å². The molecule has 4 fully saturated rings. The lowest BCUT2D eigenvalue weighted by atomic mass is 9.67. The maximum atomic E-state index is 11.5. The van der Waals surface area contributed by atoms with Crippen LogP contribution in [0.4, 0.5) is 0 Å². The fourth-order valence-corrected chi connectivity index (χ4v) is 3.16. The fraction of sp³-hybridized carbons (Fsp3) is 0.889. The van der Waals surface area contributed by atoms with Crippen molar-refractivity contribution in [1.29, 1.82) is 0 Å². The SMILES string of the molecule is O=C1C2CC3CC1CN(C3)C2. The van der Waals surface area contributed by atoms with E-state index in [1.165, 1.54) is 19.4 Å². The average Bonchev–Trinajstić information content (AvgIpc) is 1.98. The molecule has 0 N–H and O–H groups in total. The molecule has 4 bridgehead atoms. The molecular formula is C9H13NO. The molecule has 3 aliphatic heterocycles. The standard InChI is InChI=1S/C9H13NO/c11-9-7-1-6-2-8(9)5-10(3-6)4-7/h6-8H,1-5H2. The van der Waals surface area contributed by atoms with Crippen LogP contribution in [0.1, 0.15) is 12.8 Å². The summed E-state index contributed by atoms with van der Waals surface area (Å²) >= 11 is 0. The maximum Gasteiger partial charge on any atom is 0.141 e. The van der Waals surface area contributed by atoms with Crippen LogP contribution >= 0.6 is 0 Å². The van der Waals surface area contributed by atoms with Crippen molar-refractivity contribution >= 4 is 5.78 Å². The van der Waals surface area contributed by atoms with Gasteiger partial charge in [-0.3, -0.25) is 4.79 Å². The number of Topliss-reactive ketones (excluding diaryl/α,β-unsaturated/α-hetero) is 1. The van der Waals surface area contributed by atoms with Gasteiger partial charge < -0.3 is 4.90 Å². The number of ketones is 1. The number of piperidine rings is 3. The van der Waals surface area contributed by atoms with Crippen LogP contribution in [0.5, 0.6) is 0 Å². The summed E-state index contributed by atoms with van der Waals surface area (Å²) < 4.78 is 0. The third kappa shape index (κ3) is 0.734. The fourth-order valence-electron chi connectivity index (χ4n) is 3.16. The van der Waals surface area contributed by atoms with Gasteiger partial charge in [-0.15, -0.1) is 0 Å². The highest BCUT2D eigenvalue weighted by Crippen LogP contribution is 2.40. The van der Waals surface area contributed by atoms with E-state index in [9.17, 15) is 4.79 Å². The van der Waals surface area contributed by atoms with Crippen molar-refractivity contribution in [2.24, 2.45) is 17.8 Å². The first-order valence-corrected chi connectivity index (χ1v) is 4.59. The van der Waals surface area contributed by atoms with Gasteiger partial charge in [-0.1, -0.05) is 0 Å². The van der Waals surface area contributed by atoms with E-state index in [-0.39, 0.29) is 0 Å². The molecule has 4 aliphatic rings. The Morgan fingerprint density at radius 2 is 1.73 bits per heavy atom. The monoisotopic (exact) mass is 151 g/mol. The topological polar surface area (TPSA) is 20.3 Å². The molecule has 60 valence electrons. The molecule has 0 spiro atoms. The van der Waals surface area contributed by atoms with Crippen LogP contribution < -0.4 is 0 Å². The Labute approximate surface area is 66.6 Å². The summed E-state index contributed by atoms with van der Waals surface area (Å²) in [4.78, 5) is 14.0. The van der Waals surface area contributed by atoms with E-state index in [4.69, 9.17) is 0 Å². The molecule has 2 nitrogen and oxygen atoms in total. The van der Waals surface area contributed by atoms with E-state index in [0.717, 1.165) is 19.0 Å². The molecule has 3 heterocycles. The average molecular weight is 151 g/mol. The largest absolute Gasteiger partial charge is 0.302 e. The van der Waals surface area contributed by atoms with Gasteiger partial charge in [0.05, 0.1) is 0 Å². The number of nitrogens with zero attached hydrogens (tertiary/aromatic N) is 1. The Bertz CT molecular complexity index is 182. The van der Waals surface area contributed by atoms with E-state index < -0.39 is 0 Å². The lowest BCUT2D eigenvalue weighted by Gasteiger charge is -2.50. The van der Waals surface area contributed by atoms with Crippen LogP contribution in [-0.2, 0) is 4.79 Å². The second kappa shape index (κ2) is 1.86. The Morgan fingerprint density at radius 1 is 1.09 bits per heavy atom. The molecule has 3 saturated heterocycles. The number of carbonyl (C=O) groups is 1. The smallest absolute Gasteiger partial charge is 0.141 e. The zero-order valence-electron chi connectivity index (χ0n) is 6.62. The Balaban J connectivity index is 1.96. The van der Waals surface area contributed by atoms with Crippen LogP contribution in [-0.4, -0.2) is 30.3 Å². The van der Waals surface area contributed by atoms with E-state index in [1.54, 1.807) is 0 Å². The van der Waals surface area contributed by atoms with E-state index in [2.05, 4.69) is 4.90 Å². The van der Waals surface area contributed by atoms with Crippen LogP contribution in [0.3, 0.4) is 0 Å². The van der Waals surface area contributed by atoms with Gasteiger partial charge in [0.15, 0.2) is 0 Å². The number of rotatable bonds is 0. The predicted octanol–water partition coefficient (Wildman–Crippen LogP) is 0.527. The Hall–Kier alpha value is -0.370. The molecular weight excluding hydrogens is 138 g/mol. The molecule has 4 rings (SSSR count). The molecule has 0 aromatic carbocycles. The third-order valence-corrected chi connectivity index (χ3v) is 3.51. The van der Waals surface area contributed by atoms with Crippen molar-refractivity contribution in [1.82, 2.24) is 4.90 Å². The van der Waals surface area contributed by atoms with Crippen molar-refractivity contribution in [3.63, 3.8) is 0 Å². The van der Waals surface area contributed by atoms with Gasteiger partial charge in [0.25, 0.3) is 0 Å². The molecule has 11 heavy (non-hydrogen) atoms. The minimum absolute atomic E-state index is 0.432. The Morgan fingerprint density at radius 3 is 2.27 bits per heavy atom. The van der Waals surface area contributed by atoms with Gasteiger partial charge in [0.2, 0.25) is 0 Å². The van der Waals surface area contributed by atoms with Crippen molar-refractivity contribution in [3.05, 3.63) is 0 Å². The summed E-state index contributed by atoms with van der Waals surface area (Å²) in [5.41, 5.74) is 0. The van der Waals surface area contributed by atoms with Gasteiger partial charge in [0, 0.05) is 31.5 Å². The first kappa shape index (κ1) is 6.18. The minimum atomic E-state index is 0.432. The molecule has 1 aliphatic carbocycles. The predicted molar refractivity (Wildman–Crippen MR) is 41.2 cm³/mol. The first-order chi connectivity index (χ1) is 5.33. The Kier molecular flexibility index (Phi) is 1.05. The van der Waals surface area contributed by atoms with Crippen LogP contribution in [0.2, 0.25) is 0 Å². The summed E-state index contributed by atoms with van der Waals surface area (Å²) in [6.45, 7) is 3.43. The summed E-state index contributed by atoms with van der Waals surface area (Å²) in [6.07, 6.45) is 2.40. The van der Waals surface area contributed by atoms with Crippen molar-refractivity contribution in [2.75, 3.05) is 19.6 Å². The number of carbonyl (C=O) groups excluding carboxylic acids is 1. The zero-order valence-corrected chi connectivity index (χ0v) is 6.62. The first-order valence-electron chi connectivity index (χ1n) is 4.59. The second-order valence-corrected chi connectivity index (χ2v) is 4.35. The molecule has 0 aromatic heterocycles. The third-order valence-electron chi connectivity index (χ3n) is 3.51. The molecule has 2 unspecified atom stereocenters. The van der Waals surface area contributed by atoms with Crippen molar-refractivity contribution < 1.29 is 4.79 Å². The number of hydrogen-bond acceptors (Lipinski definition) is 2. The van der Waals surface area contributed by atoms with Crippen LogP contribution in [0, 0.1) is 17.8 Å². The quantitative estimate of drug-likeness (QED) is 0.503. The molecule has 0 aromatic rings. The van der Waals surface area contributed by atoms with Gasteiger partial charge in [-0.25, -0.2) is 0 Å². The van der Waals surface area contributed by atoms with Gasteiger partial charge >= 0.3 is 0 Å². The summed E-state index contributed by atoms with van der Waals surface area (Å²) in [7, 11) is 0. The van der Waals surface area contributed by atoms with Gasteiger partial charge in [-0.2, -0.15) is 0 Å². The molecule has 0 radical (unpaired) electrons. The van der Waals surface area contributed by atoms with Gasteiger partial charge in [-0.05, 0) is 18.8 Å². The second-order valence-electron chi connectivity index (χ2n) is 4.35. The highest BCUT2D eigenvalue weighted by molar-refractivity contribution is 5.85. The van der Waals surface area contributed by atoms with Crippen molar-refractivity contribution in [2.45, 2.75) is 12.8 Å². The van der Waals surface area contributed by atoms with E-state index in [0.29, 0.717) is 17.6 Å². The summed E-state index contributed by atoms with van der Waals surface area (Å²) in [5, 5.41) is 0.